The molecule has 1 amide bonds. The van der Waals surface area contributed by atoms with Crippen LogP contribution in [0.4, 0.5) is 20.2 Å². The number of hydrogen-bond donors (Lipinski definition) is 3. The number of carbonyl (C=O) groups excluding carboxylic acids is 1. The summed E-state index contributed by atoms with van der Waals surface area (Å²) in [4.78, 5) is 17.5. The minimum atomic E-state index is -1.27. The van der Waals surface area contributed by atoms with Crippen LogP contribution < -0.4 is 10.8 Å². The van der Waals surface area contributed by atoms with Gasteiger partial charge >= 0.3 is 0 Å². The quantitative estimate of drug-likeness (QED) is 0.195. The summed E-state index contributed by atoms with van der Waals surface area (Å²) in [5.74, 6) is -3.31. The van der Waals surface area contributed by atoms with Gasteiger partial charge in [0.1, 0.15) is 0 Å². The molecule has 152 valence electrons. The van der Waals surface area contributed by atoms with Gasteiger partial charge in [-0.1, -0.05) is 18.5 Å². The molecular formula is C19H20ClF2IN2O3. The van der Waals surface area contributed by atoms with Crippen molar-refractivity contribution < 1.29 is 23.5 Å². The maximum absolute atomic E-state index is 14.5. The number of hydroxylamine groups is 1. The van der Waals surface area contributed by atoms with Crippen molar-refractivity contribution >= 4 is 51.5 Å². The van der Waals surface area contributed by atoms with E-state index in [9.17, 15) is 18.7 Å². The van der Waals surface area contributed by atoms with E-state index in [0.29, 0.717) is 18.5 Å². The minimum Gasteiger partial charge on any atom is -0.393 e. The van der Waals surface area contributed by atoms with Gasteiger partial charge in [-0.05, 0) is 72.2 Å². The predicted octanol–water partition coefficient (Wildman–Crippen LogP) is 5.10. The molecule has 0 saturated carbocycles. The first-order valence-corrected chi connectivity index (χ1v) is 10.0. The molecule has 0 fully saturated rings. The monoisotopic (exact) mass is 524 g/mol. The molecule has 0 aliphatic heterocycles. The Hall–Kier alpha value is -1.49. The summed E-state index contributed by atoms with van der Waals surface area (Å²) in [5, 5.41) is 11.7. The van der Waals surface area contributed by atoms with Crippen LogP contribution in [0.25, 0.3) is 0 Å². The zero-order chi connectivity index (χ0) is 20.8. The fraction of sp³-hybridized carbons (Fsp3) is 0.316. The number of carbonyl (C=O) groups is 1. The van der Waals surface area contributed by atoms with Gasteiger partial charge in [0.05, 0.1) is 29.0 Å². The Bertz CT molecular complexity index is 868. The summed E-state index contributed by atoms with van der Waals surface area (Å²) in [6, 6.07) is 6.38. The van der Waals surface area contributed by atoms with E-state index in [1.54, 1.807) is 19.1 Å². The van der Waals surface area contributed by atoms with Crippen molar-refractivity contribution in [3.8, 4) is 0 Å². The Morgan fingerprint density at radius 2 is 2.04 bits per heavy atom. The predicted molar refractivity (Wildman–Crippen MR) is 113 cm³/mol. The number of hydrogen-bond acceptors (Lipinski definition) is 4. The first kappa shape index (κ1) is 22.8. The molecule has 2 rings (SSSR count). The summed E-state index contributed by atoms with van der Waals surface area (Å²) in [6.07, 6.45) is 0.331. The van der Waals surface area contributed by atoms with Crippen molar-refractivity contribution in [2.75, 3.05) is 11.9 Å². The normalized spacial score (nSPS) is 12.0. The van der Waals surface area contributed by atoms with E-state index < -0.39 is 28.7 Å². The van der Waals surface area contributed by atoms with Gasteiger partial charge < -0.3 is 10.4 Å². The average molecular weight is 525 g/mol. The number of benzene rings is 2. The second kappa shape index (κ2) is 10.3. The summed E-state index contributed by atoms with van der Waals surface area (Å²) in [6.45, 7) is 3.69. The second-order valence-corrected chi connectivity index (χ2v) is 7.78. The van der Waals surface area contributed by atoms with Crippen LogP contribution in [0.3, 0.4) is 0 Å². The Morgan fingerprint density at radius 3 is 2.68 bits per heavy atom. The third kappa shape index (κ3) is 5.76. The van der Waals surface area contributed by atoms with E-state index in [1.165, 1.54) is 0 Å². The van der Waals surface area contributed by atoms with Gasteiger partial charge in [-0.25, -0.2) is 14.3 Å². The van der Waals surface area contributed by atoms with Crippen molar-refractivity contribution in [3.63, 3.8) is 0 Å². The van der Waals surface area contributed by atoms with Crippen LogP contribution in [-0.2, 0) is 4.84 Å². The molecular weight excluding hydrogens is 505 g/mol. The van der Waals surface area contributed by atoms with Crippen molar-refractivity contribution in [3.05, 3.63) is 55.6 Å². The number of nitrogens with one attached hydrogen (secondary N) is 2. The van der Waals surface area contributed by atoms with Crippen LogP contribution in [0.5, 0.6) is 0 Å². The number of aliphatic hydroxyl groups excluding tert-OH is 1. The second-order valence-electron chi connectivity index (χ2n) is 6.12. The highest BCUT2D eigenvalue weighted by atomic mass is 127. The number of aryl methyl sites for hydroxylation is 1. The lowest BCUT2D eigenvalue weighted by molar-refractivity contribution is 0.0161. The Labute approximate surface area is 180 Å². The highest BCUT2D eigenvalue weighted by Gasteiger charge is 2.23. The maximum atomic E-state index is 14.5. The van der Waals surface area contributed by atoms with Gasteiger partial charge in [-0.3, -0.25) is 9.63 Å². The van der Waals surface area contributed by atoms with E-state index in [2.05, 4.69) is 33.4 Å². The van der Waals surface area contributed by atoms with Gasteiger partial charge in [0.2, 0.25) is 0 Å². The smallest absolute Gasteiger partial charge is 0.277 e. The third-order valence-electron chi connectivity index (χ3n) is 4.04. The first-order chi connectivity index (χ1) is 13.2. The van der Waals surface area contributed by atoms with E-state index in [-0.39, 0.29) is 17.9 Å². The van der Waals surface area contributed by atoms with Crippen LogP contribution in [-0.4, -0.2) is 23.7 Å². The molecule has 1 atom stereocenters. The Kier molecular flexibility index (Phi) is 8.41. The summed E-state index contributed by atoms with van der Waals surface area (Å²) >= 11 is 7.85. The van der Waals surface area contributed by atoms with Crippen LogP contribution in [0, 0.1) is 22.1 Å². The molecule has 0 bridgehead atoms. The van der Waals surface area contributed by atoms with E-state index in [1.807, 2.05) is 13.0 Å². The number of halogens is 4. The first-order valence-electron chi connectivity index (χ1n) is 8.55. The molecule has 1 unspecified atom stereocenters. The molecule has 0 radical (unpaired) electrons. The molecule has 3 N–H and O–H groups in total. The van der Waals surface area contributed by atoms with Crippen LogP contribution in [0.15, 0.2) is 24.3 Å². The third-order valence-corrected chi connectivity index (χ3v) is 4.99. The van der Waals surface area contributed by atoms with Gasteiger partial charge in [0, 0.05) is 9.26 Å². The molecule has 0 heterocycles. The average Bonchev–Trinajstić information content (AvgIpc) is 2.66. The van der Waals surface area contributed by atoms with Crippen molar-refractivity contribution in [2.45, 2.75) is 32.8 Å². The lowest BCUT2D eigenvalue weighted by atomic mass is 10.1. The van der Waals surface area contributed by atoms with Crippen molar-refractivity contribution in [1.29, 1.82) is 0 Å². The number of anilines is 2. The molecule has 0 saturated heterocycles. The van der Waals surface area contributed by atoms with Gasteiger partial charge in [0.15, 0.2) is 11.6 Å². The number of amides is 1. The molecule has 0 aliphatic carbocycles. The summed E-state index contributed by atoms with van der Waals surface area (Å²) in [7, 11) is 0. The Balaban J connectivity index is 2.26. The van der Waals surface area contributed by atoms with E-state index in [4.69, 9.17) is 16.4 Å². The number of aliphatic hydroxyl groups is 1. The SMILES string of the molecule is CCC(O)CCONC(=O)c1cc(Cl)c(F)c(F)c1Nc1ccc(I)cc1C. The fourth-order valence-electron chi connectivity index (χ4n) is 2.37. The molecule has 0 spiro atoms. The largest absolute Gasteiger partial charge is 0.393 e. The van der Waals surface area contributed by atoms with Gasteiger partial charge in [-0.15, -0.1) is 0 Å². The highest BCUT2D eigenvalue weighted by molar-refractivity contribution is 14.1. The Morgan fingerprint density at radius 1 is 1.32 bits per heavy atom. The lowest BCUT2D eigenvalue weighted by Gasteiger charge is -2.16. The van der Waals surface area contributed by atoms with Crippen LogP contribution in [0.1, 0.15) is 35.7 Å². The maximum Gasteiger partial charge on any atom is 0.277 e. The van der Waals surface area contributed by atoms with Gasteiger partial charge in [-0.2, -0.15) is 0 Å². The zero-order valence-corrected chi connectivity index (χ0v) is 18.2. The lowest BCUT2D eigenvalue weighted by Crippen LogP contribution is -2.26. The molecule has 9 heteroatoms. The zero-order valence-electron chi connectivity index (χ0n) is 15.3. The molecule has 2 aromatic carbocycles. The summed E-state index contributed by atoms with van der Waals surface area (Å²) < 4.78 is 29.5. The highest BCUT2D eigenvalue weighted by Crippen LogP contribution is 2.32. The van der Waals surface area contributed by atoms with Crippen LogP contribution >= 0.6 is 34.2 Å². The molecule has 0 aromatic heterocycles. The number of rotatable bonds is 8. The molecule has 2 aromatic rings. The standard InChI is InChI=1S/C19H20ClF2IN2O3/c1-3-12(26)6-7-28-25-19(27)13-9-14(20)16(21)17(22)18(13)24-15-5-4-11(23)8-10(15)2/h4-5,8-9,12,24,26H,3,6-7H2,1-2H3,(H,25,27). The molecule has 5 nitrogen and oxygen atoms in total. The van der Waals surface area contributed by atoms with Crippen LogP contribution in [0.2, 0.25) is 5.02 Å². The summed E-state index contributed by atoms with van der Waals surface area (Å²) in [5.41, 5.74) is 2.91. The topological polar surface area (TPSA) is 70.6 Å². The van der Waals surface area contributed by atoms with Crippen molar-refractivity contribution in [1.82, 2.24) is 5.48 Å². The molecule has 0 aliphatic rings. The van der Waals surface area contributed by atoms with E-state index >= 15 is 0 Å². The van der Waals surface area contributed by atoms with Crippen molar-refractivity contribution in [2.24, 2.45) is 0 Å². The van der Waals surface area contributed by atoms with Gasteiger partial charge in [0.25, 0.3) is 5.91 Å². The molecule has 28 heavy (non-hydrogen) atoms. The minimum absolute atomic E-state index is 0.0666. The van der Waals surface area contributed by atoms with E-state index in [0.717, 1.165) is 15.2 Å². The fourth-order valence-corrected chi connectivity index (χ4v) is 3.21.